The van der Waals surface area contributed by atoms with Gasteiger partial charge in [-0.15, -0.1) is 0 Å². The molecule has 1 aromatic heterocycles. The second-order valence-corrected chi connectivity index (χ2v) is 5.42. The number of hydrogen-bond acceptors (Lipinski definition) is 5. The van der Waals surface area contributed by atoms with Gasteiger partial charge in [-0.2, -0.15) is 0 Å². The molecule has 1 aromatic rings. The average Bonchev–Trinajstić information content (AvgIpc) is 2.90. The number of nitrogens with zero attached hydrogens (tertiary/aromatic N) is 1. The number of nitrogen functional groups attached to an aromatic ring is 1. The van der Waals surface area contributed by atoms with Gasteiger partial charge in [-0.1, -0.05) is 13.8 Å². The molecular weight excluding hydrogens is 272 g/mol. The Balaban J connectivity index is 2.18. The van der Waals surface area contributed by atoms with E-state index in [9.17, 15) is 9.59 Å². The zero-order valence-corrected chi connectivity index (χ0v) is 12.6. The van der Waals surface area contributed by atoms with E-state index in [1.165, 1.54) is 4.57 Å². The third-order valence-electron chi connectivity index (χ3n) is 3.98. The molecule has 2 heterocycles. The van der Waals surface area contributed by atoms with E-state index in [0.29, 0.717) is 19.0 Å². The lowest BCUT2D eigenvalue weighted by Crippen LogP contribution is -2.35. The first kappa shape index (κ1) is 15.6. The lowest BCUT2D eigenvalue weighted by molar-refractivity contribution is 0.0900. The minimum Gasteiger partial charge on any atom is -0.383 e. The Morgan fingerprint density at radius 1 is 1.43 bits per heavy atom. The summed E-state index contributed by atoms with van der Waals surface area (Å²) in [6.07, 6.45) is 2.91. The van der Waals surface area contributed by atoms with Crippen LogP contribution in [0.15, 0.2) is 9.59 Å². The van der Waals surface area contributed by atoms with Crippen LogP contribution in [0.2, 0.25) is 0 Å². The van der Waals surface area contributed by atoms with Gasteiger partial charge in [0.2, 0.25) is 0 Å². The molecule has 0 aromatic carbocycles. The van der Waals surface area contributed by atoms with Crippen LogP contribution in [-0.4, -0.2) is 28.8 Å². The summed E-state index contributed by atoms with van der Waals surface area (Å²) in [6, 6.07) is 0. The van der Waals surface area contributed by atoms with E-state index in [1.807, 2.05) is 6.92 Å². The Morgan fingerprint density at radius 3 is 2.86 bits per heavy atom. The van der Waals surface area contributed by atoms with Crippen molar-refractivity contribution in [1.29, 1.82) is 0 Å². The third-order valence-corrected chi connectivity index (χ3v) is 3.98. The minimum atomic E-state index is -0.461. The maximum atomic E-state index is 11.9. The highest BCUT2D eigenvalue weighted by molar-refractivity contribution is 5.60. The first-order chi connectivity index (χ1) is 10.1. The molecule has 7 nitrogen and oxygen atoms in total. The zero-order chi connectivity index (χ0) is 15.4. The van der Waals surface area contributed by atoms with Gasteiger partial charge in [0, 0.05) is 25.6 Å². The van der Waals surface area contributed by atoms with E-state index in [4.69, 9.17) is 10.5 Å². The zero-order valence-electron chi connectivity index (χ0n) is 12.6. The van der Waals surface area contributed by atoms with E-state index in [-0.39, 0.29) is 17.6 Å². The molecule has 1 fully saturated rings. The van der Waals surface area contributed by atoms with Gasteiger partial charge in [0.25, 0.3) is 5.56 Å². The van der Waals surface area contributed by atoms with Crippen LogP contribution in [0.4, 0.5) is 11.5 Å². The van der Waals surface area contributed by atoms with Crippen LogP contribution in [0.25, 0.3) is 0 Å². The molecule has 7 heteroatoms. The number of nitrogens with one attached hydrogen (secondary N) is 2. The molecule has 118 valence electrons. The smallest absolute Gasteiger partial charge is 0.330 e. The van der Waals surface area contributed by atoms with Gasteiger partial charge in [-0.25, -0.2) is 4.79 Å². The highest BCUT2D eigenvalue weighted by Gasteiger charge is 2.27. The number of rotatable bonds is 6. The molecule has 21 heavy (non-hydrogen) atoms. The van der Waals surface area contributed by atoms with Crippen molar-refractivity contribution >= 4 is 11.5 Å². The number of anilines is 2. The first-order valence-electron chi connectivity index (χ1n) is 7.56. The number of aromatic amines is 1. The molecule has 4 N–H and O–H groups in total. The summed E-state index contributed by atoms with van der Waals surface area (Å²) >= 11 is 0. The van der Waals surface area contributed by atoms with Crippen LogP contribution >= 0.6 is 0 Å². The molecule has 1 aliphatic rings. The maximum absolute atomic E-state index is 11.9. The van der Waals surface area contributed by atoms with Gasteiger partial charge < -0.3 is 15.8 Å². The van der Waals surface area contributed by atoms with Crippen LogP contribution < -0.4 is 22.3 Å². The van der Waals surface area contributed by atoms with Crippen molar-refractivity contribution in [3.8, 4) is 0 Å². The average molecular weight is 296 g/mol. The number of hydrogen-bond donors (Lipinski definition) is 3. The Kier molecular flexibility index (Phi) is 5.06. The van der Waals surface area contributed by atoms with Crippen molar-refractivity contribution in [2.45, 2.75) is 45.8 Å². The second kappa shape index (κ2) is 6.80. The molecule has 0 aliphatic carbocycles. The highest BCUT2D eigenvalue weighted by Crippen LogP contribution is 2.24. The van der Waals surface area contributed by atoms with E-state index in [2.05, 4.69) is 17.2 Å². The molecule has 1 aliphatic heterocycles. The number of ether oxygens (including phenoxy) is 1. The maximum Gasteiger partial charge on any atom is 0.330 e. The summed E-state index contributed by atoms with van der Waals surface area (Å²) in [5.41, 5.74) is 5.34. The number of H-pyrrole nitrogens is 1. The third kappa shape index (κ3) is 3.29. The van der Waals surface area contributed by atoms with Gasteiger partial charge in [-0.3, -0.25) is 14.3 Å². The van der Waals surface area contributed by atoms with Gasteiger partial charge in [-0.05, 0) is 19.3 Å². The van der Waals surface area contributed by atoms with Crippen LogP contribution in [-0.2, 0) is 11.3 Å². The normalized spacial score (nSPS) is 21.6. The molecule has 0 saturated carbocycles. The lowest BCUT2D eigenvalue weighted by Gasteiger charge is -2.19. The number of nitrogens with two attached hydrogens (primary N) is 1. The van der Waals surface area contributed by atoms with Crippen molar-refractivity contribution in [1.82, 2.24) is 9.55 Å². The predicted molar refractivity (Wildman–Crippen MR) is 82.7 cm³/mol. The van der Waals surface area contributed by atoms with Crippen molar-refractivity contribution < 1.29 is 4.74 Å². The predicted octanol–water partition coefficient (Wildman–Crippen LogP) is 0.756. The van der Waals surface area contributed by atoms with Gasteiger partial charge in [0.15, 0.2) is 0 Å². The monoisotopic (exact) mass is 296 g/mol. The van der Waals surface area contributed by atoms with Crippen LogP contribution in [0.5, 0.6) is 0 Å². The highest BCUT2D eigenvalue weighted by atomic mass is 16.5. The topological polar surface area (TPSA) is 102 Å². The molecule has 0 radical (unpaired) electrons. The van der Waals surface area contributed by atoms with E-state index in [1.54, 1.807) is 0 Å². The summed E-state index contributed by atoms with van der Waals surface area (Å²) < 4.78 is 7.03. The molecule has 2 rings (SSSR count). The second-order valence-electron chi connectivity index (χ2n) is 5.42. The fraction of sp³-hybridized carbons (Fsp3) is 0.714. The van der Waals surface area contributed by atoms with Gasteiger partial charge in [0.05, 0.1) is 6.10 Å². The van der Waals surface area contributed by atoms with E-state index >= 15 is 0 Å². The van der Waals surface area contributed by atoms with Crippen LogP contribution in [0, 0.1) is 5.92 Å². The lowest BCUT2D eigenvalue weighted by atomic mass is 10.00. The Morgan fingerprint density at radius 2 is 2.19 bits per heavy atom. The van der Waals surface area contributed by atoms with Crippen molar-refractivity contribution in [2.75, 3.05) is 24.2 Å². The van der Waals surface area contributed by atoms with Gasteiger partial charge in [0.1, 0.15) is 11.5 Å². The molecule has 0 bridgehead atoms. The molecule has 2 atom stereocenters. The fourth-order valence-corrected chi connectivity index (χ4v) is 2.81. The standard InChI is InChI=1S/C14H24N4O3/c1-3-6-18-12(15)11(13(19)17-14(18)20)16-8-9-5-7-21-10(9)4-2/h9-10,16H,3-8,15H2,1-2H3,(H,17,19,20). The largest absolute Gasteiger partial charge is 0.383 e. The molecule has 1 saturated heterocycles. The van der Waals surface area contributed by atoms with Crippen LogP contribution in [0.3, 0.4) is 0 Å². The SMILES string of the molecule is CCCn1c(N)c(NCC2CCOC2CC)c(=O)[nH]c1=O. The van der Waals surface area contributed by atoms with Gasteiger partial charge >= 0.3 is 5.69 Å². The van der Waals surface area contributed by atoms with Crippen molar-refractivity contribution in [2.24, 2.45) is 5.92 Å². The summed E-state index contributed by atoms with van der Waals surface area (Å²) in [5, 5.41) is 3.11. The summed E-state index contributed by atoms with van der Waals surface area (Å²) in [6.45, 7) is 5.90. The quantitative estimate of drug-likeness (QED) is 0.719. The Hall–Kier alpha value is -1.76. The summed E-state index contributed by atoms with van der Waals surface area (Å²) in [4.78, 5) is 26.0. The molecule has 2 unspecified atom stereocenters. The van der Waals surface area contributed by atoms with Crippen LogP contribution in [0.1, 0.15) is 33.1 Å². The Labute approximate surface area is 123 Å². The molecule has 0 amide bonds. The fourth-order valence-electron chi connectivity index (χ4n) is 2.81. The van der Waals surface area contributed by atoms with Crippen molar-refractivity contribution in [3.05, 3.63) is 20.8 Å². The molecule has 0 spiro atoms. The van der Waals surface area contributed by atoms with Crippen molar-refractivity contribution in [3.63, 3.8) is 0 Å². The molecular formula is C14H24N4O3. The first-order valence-corrected chi connectivity index (χ1v) is 7.56. The minimum absolute atomic E-state index is 0.206. The summed E-state index contributed by atoms with van der Waals surface area (Å²) in [5.74, 6) is 0.568. The summed E-state index contributed by atoms with van der Waals surface area (Å²) in [7, 11) is 0. The Bertz CT molecular complexity index is 593. The number of aromatic nitrogens is 2. The van der Waals surface area contributed by atoms with E-state index in [0.717, 1.165) is 25.9 Å². The van der Waals surface area contributed by atoms with E-state index < -0.39 is 11.2 Å².